The summed E-state index contributed by atoms with van der Waals surface area (Å²) in [6.07, 6.45) is 3.93. The van der Waals surface area contributed by atoms with Crippen LogP contribution in [0.15, 0.2) is 34.0 Å². The lowest BCUT2D eigenvalue weighted by atomic mass is 10.4. The van der Waals surface area contributed by atoms with E-state index in [1.54, 1.807) is 0 Å². The largest absolute Gasteiger partial charge is 0.284 e. The van der Waals surface area contributed by atoms with Crippen molar-refractivity contribution in [1.29, 1.82) is 0 Å². The van der Waals surface area contributed by atoms with Gasteiger partial charge in [0, 0.05) is 16.9 Å². The number of H-pyrrole nitrogens is 1. The van der Waals surface area contributed by atoms with Gasteiger partial charge in [0.2, 0.25) is 0 Å². The molecule has 0 atom stereocenters. The molecule has 0 saturated heterocycles. The predicted molar refractivity (Wildman–Crippen MR) is 66.3 cm³/mol. The van der Waals surface area contributed by atoms with Gasteiger partial charge in [-0.3, -0.25) is 9.82 Å². The summed E-state index contributed by atoms with van der Waals surface area (Å²) in [6, 6.07) is 1.52. The van der Waals surface area contributed by atoms with Crippen LogP contribution in [-0.2, 0) is 10.0 Å². The van der Waals surface area contributed by atoms with E-state index < -0.39 is 10.0 Å². The van der Waals surface area contributed by atoms with Crippen LogP contribution in [0.1, 0.15) is 0 Å². The zero-order valence-electron chi connectivity index (χ0n) is 8.18. The summed E-state index contributed by atoms with van der Waals surface area (Å²) >= 11 is 8.96. The lowest BCUT2D eigenvalue weighted by Crippen LogP contribution is -2.12. The van der Waals surface area contributed by atoms with Crippen molar-refractivity contribution in [2.45, 2.75) is 4.90 Å². The Balaban J connectivity index is 2.36. The number of hydrogen-bond acceptors (Lipinski definition) is 4. The molecule has 2 N–H and O–H groups in total. The zero-order valence-corrected chi connectivity index (χ0v) is 11.3. The molecule has 0 aromatic carbocycles. The maximum Gasteiger partial charge on any atom is 0.265 e. The number of sulfonamides is 1. The molecule has 2 heterocycles. The minimum absolute atomic E-state index is 0.0218. The summed E-state index contributed by atoms with van der Waals surface area (Å²) in [5.74, 6) is 0. The van der Waals surface area contributed by atoms with Crippen molar-refractivity contribution in [3.05, 3.63) is 34.3 Å². The van der Waals surface area contributed by atoms with E-state index in [4.69, 9.17) is 11.6 Å². The van der Waals surface area contributed by atoms with Crippen LogP contribution in [0.2, 0.25) is 5.15 Å². The number of aromatic nitrogens is 3. The summed E-state index contributed by atoms with van der Waals surface area (Å²) in [5.41, 5.74) is 0.197. The molecule has 0 aliphatic rings. The molecule has 2 rings (SSSR count). The van der Waals surface area contributed by atoms with Gasteiger partial charge in [-0.15, -0.1) is 0 Å². The molecule has 9 heteroatoms. The Morgan fingerprint density at radius 3 is 2.82 bits per heavy atom. The summed E-state index contributed by atoms with van der Waals surface area (Å²) in [4.78, 5) is 3.83. The zero-order chi connectivity index (χ0) is 12.5. The molecule has 0 radical (unpaired) electrons. The number of halogens is 2. The summed E-state index contributed by atoms with van der Waals surface area (Å²) in [5, 5.41) is 6.06. The Kier molecular flexibility index (Phi) is 3.36. The molecule has 90 valence electrons. The molecule has 17 heavy (non-hydrogen) atoms. The number of hydrogen-bond donors (Lipinski definition) is 2. The second kappa shape index (κ2) is 4.63. The van der Waals surface area contributed by atoms with Crippen LogP contribution in [0.5, 0.6) is 0 Å². The Labute approximate surface area is 111 Å². The molecule has 0 saturated carbocycles. The molecule has 2 aromatic heterocycles. The van der Waals surface area contributed by atoms with Crippen molar-refractivity contribution in [1.82, 2.24) is 15.2 Å². The maximum atomic E-state index is 11.9. The second-order valence-electron chi connectivity index (χ2n) is 3.03. The highest BCUT2D eigenvalue weighted by Gasteiger charge is 2.17. The molecule has 0 spiro atoms. The number of nitrogens with zero attached hydrogens (tertiary/aromatic N) is 2. The van der Waals surface area contributed by atoms with E-state index in [1.807, 2.05) is 0 Å². The van der Waals surface area contributed by atoms with Crippen molar-refractivity contribution in [3.63, 3.8) is 0 Å². The smallest absolute Gasteiger partial charge is 0.265 e. The summed E-state index contributed by atoms with van der Waals surface area (Å²) in [6.45, 7) is 0. The van der Waals surface area contributed by atoms with Crippen LogP contribution < -0.4 is 4.72 Å². The molecule has 0 aliphatic carbocycles. The molecule has 0 unspecified atom stereocenters. The van der Waals surface area contributed by atoms with Gasteiger partial charge in [0.15, 0.2) is 5.15 Å². The van der Waals surface area contributed by atoms with Gasteiger partial charge >= 0.3 is 0 Å². The topological polar surface area (TPSA) is 87.7 Å². The first-order chi connectivity index (χ1) is 7.99. The normalized spacial score (nSPS) is 11.4. The van der Waals surface area contributed by atoms with Crippen LogP contribution in [0, 0.1) is 0 Å². The molecule has 0 fully saturated rings. The van der Waals surface area contributed by atoms with Crippen LogP contribution in [0.3, 0.4) is 0 Å². The molecule has 0 amide bonds. The van der Waals surface area contributed by atoms with Crippen molar-refractivity contribution in [2.75, 3.05) is 4.72 Å². The number of anilines is 1. The van der Waals surface area contributed by atoms with E-state index in [1.165, 1.54) is 24.7 Å². The Hall–Kier alpha value is -1.12. The van der Waals surface area contributed by atoms with E-state index >= 15 is 0 Å². The van der Waals surface area contributed by atoms with E-state index in [0.29, 0.717) is 4.47 Å². The predicted octanol–water partition coefficient (Wildman–Crippen LogP) is 2.02. The Morgan fingerprint density at radius 1 is 1.41 bits per heavy atom. The van der Waals surface area contributed by atoms with Gasteiger partial charge in [0.25, 0.3) is 10.0 Å². The van der Waals surface area contributed by atoms with Gasteiger partial charge in [-0.1, -0.05) is 11.6 Å². The highest BCUT2D eigenvalue weighted by atomic mass is 79.9. The average Bonchev–Trinajstić information content (AvgIpc) is 2.77. The standard InChI is InChI=1S/C8H6BrClN4O2S/c9-5-1-7(8(10)11-2-5)14-17(15,16)6-3-12-13-4-6/h1-4,14H,(H,12,13). The fraction of sp³-hybridized carbons (Fsp3) is 0. The fourth-order valence-electron chi connectivity index (χ4n) is 1.08. The van der Waals surface area contributed by atoms with Gasteiger partial charge in [0.05, 0.1) is 11.9 Å². The Bertz CT molecular complexity index is 629. The SMILES string of the molecule is O=S(=O)(Nc1cc(Br)cnc1Cl)c1cn[nH]c1. The lowest BCUT2D eigenvalue weighted by Gasteiger charge is -2.07. The van der Waals surface area contributed by atoms with Gasteiger partial charge < -0.3 is 0 Å². The fourth-order valence-corrected chi connectivity index (χ4v) is 2.58. The van der Waals surface area contributed by atoms with E-state index in [2.05, 4.69) is 35.8 Å². The van der Waals surface area contributed by atoms with Crippen LogP contribution in [0.4, 0.5) is 5.69 Å². The van der Waals surface area contributed by atoms with Crippen molar-refractivity contribution in [3.8, 4) is 0 Å². The minimum Gasteiger partial charge on any atom is -0.284 e. The summed E-state index contributed by atoms with van der Waals surface area (Å²) in [7, 11) is -3.70. The van der Waals surface area contributed by atoms with E-state index in [9.17, 15) is 8.42 Å². The number of rotatable bonds is 3. The third-order valence-corrected chi connectivity index (χ3v) is 3.90. The number of pyridine rings is 1. The molecule has 6 nitrogen and oxygen atoms in total. The molecule has 0 aliphatic heterocycles. The highest BCUT2D eigenvalue weighted by molar-refractivity contribution is 9.10. The minimum atomic E-state index is -3.70. The average molecular weight is 338 g/mol. The summed E-state index contributed by atoms with van der Waals surface area (Å²) < 4.78 is 26.6. The third kappa shape index (κ3) is 2.76. The highest BCUT2D eigenvalue weighted by Crippen LogP contribution is 2.25. The van der Waals surface area contributed by atoms with Gasteiger partial charge in [-0.2, -0.15) is 5.10 Å². The first-order valence-electron chi connectivity index (χ1n) is 4.32. The van der Waals surface area contributed by atoms with E-state index in [0.717, 1.165) is 0 Å². The van der Waals surface area contributed by atoms with Crippen molar-refractivity contribution < 1.29 is 8.42 Å². The van der Waals surface area contributed by atoms with Gasteiger partial charge in [-0.25, -0.2) is 13.4 Å². The molecular weight excluding hydrogens is 332 g/mol. The van der Waals surface area contributed by atoms with Gasteiger partial charge in [-0.05, 0) is 22.0 Å². The molecular formula is C8H6BrClN4O2S. The van der Waals surface area contributed by atoms with Crippen molar-refractivity contribution in [2.24, 2.45) is 0 Å². The van der Waals surface area contributed by atoms with E-state index in [-0.39, 0.29) is 15.7 Å². The quantitative estimate of drug-likeness (QED) is 0.839. The lowest BCUT2D eigenvalue weighted by molar-refractivity contribution is 0.601. The molecule has 0 bridgehead atoms. The first-order valence-corrected chi connectivity index (χ1v) is 6.97. The monoisotopic (exact) mass is 336 g/mol. The van der Waals surface area contributed by atoms with Crippen LogP contribution in [-0.4, -0.2) is 23.6 Å². The van der Waals surface area contributed by atoms with Crippen LogP contribution in [0.25, 0.3) is 0 Å². The molecule has 2 aromatic rings. The van der Waals surface area contributed by atoms with Gasteiger partial charge in [0.1, 0.15) is 4.90 Å². The van der Waals surface area contributed by atoms with Crippen molar-refractivity contribution >= 4 is 43.2 Å². The maximum absolute atomic E-state index is 11.9. The first kappa shape index (κ1) is 12.3. The second-order valence-corrected chi connectivity index (χ2v) is 5.99. The number of aromatic amines is 1. The third-order valence-electron chi connectivity index (χ3n) is 1.83. The van der Waals surface area contributed by atoms with Crippen LogP contribution >= 0.6 is 27.5 Å². The Morgan fingerprint density at radius 2 is 2.18 bits per heavy atom. The number of nitrogens with one attached hydrogen (secondary N) is 2.